The fourth-order valence-corrected chi connectivity index (χ4v) is 5.32. The van der Waals surface area contributed by atoms with Crippen molar-refractivity contribution >= 4 is 27.5 Å². The molecule has 12 nitrogen and oxygen atoms in total. The topological polar surface area (TPSA) is 160 Å². The first-order valence-corrected chi connectivity index (χ1v) is 12.3. The number of rotatable bonds is 10. The summed E-state index contributed by atoms with van der Waals surface area (Å²) >= 11 is 1.10. The molecule has 0 fully saturated rings. The Balaban J connectivity index is 2.00. The average molecular weight is 542 g/mol. The minimum atomic E-state index is -1.25. The molecular weight excluding hydrogens is 517 g/mol. The molecule has 0 aliphatic heterocycles. The zero-order valence-corrected chi connectivity index (χ0v) is 21.6. The molecular formula is C24H24FN7O5S. The third kappa shape index (κ3) is 4.81. The van der Waals surface area contributed by atoms with Crippen LogP contribution in [0.15, 0.2) is 40.2 Å². The SMILES string of the molecule is COc1ccc(F)cc1[C@H](Cn1c(=O)n(C(C)C(N)=O)c(=O)c2c(C)c(-n3nccn3)sc21)OCCC#N. The number of methoxy groups -OCH3 is 1. The zero-order chi connectivity index (χ0) is 27.6. The first kappa shape index (κ1) is 26.7. The van der Waals surface area contributed by atoms with Crippen LogP contribution < -0.4 is 21.7 Å². The smallest absolute Gasteiger partial charge is 0.332 e. The molecule has 3 heterocycles. The van der Waals surface area contributed by atoms with E-state index in [1.54, 1.807) is 6.92 Å². The number of primary amides is 1. The van der Waals surface area contributed by atoms with Gasteiger partial charge in [-0.05, 0) is 32.0 Å². The molecule has 3 aromatic heterocycles. The van der Waals surface area contributed by atoms with E-state index in [2.05, 4.69) is 10.2 Å². The van der Waals surface area contributed by atoms with Crippen LogP contribution in [-0.2, 0) is 16.1 Å². The maximum Gasteiger partial charge on any atom is 0.332 e. The number of halogens is 1. The van der Waals surface area contributed by atoms with Gasteiger partial charge in [-0.25, -0.2) is 13.8 Å². The van der Waals surface area contributed by atoms with E-state index in [0.717, 1.165) is 15.9 Å². The van der Waals surface area contributed by atoms with Gasteiger partial charge >= 0.3 is 5.69 Å². The Morgan fingerprint density at radius 3 is 2.63 bits per heavy atom. The lowest BCUT2D eigenvalue weighted by molar-refractivity contribution is -0.120. The number of hydrogen-bond acceptors (Lipinski definition) is 9. The number of thiophene rings is 1. The van der Waals surface area contributed by atoms with Crippen LogP contribution in [0.3, 0.4) is 0 Å². The van der Waals surface area contributed by atoms with E-state index >= 15 is 0 Å². The van der Waals surface area contributed by atoms with Crippen LogP contribution in [-0.4, -0.2) is 43.8 Å². The first-order chi connectivity index (χ1) is 18.2. The molecule has 4 aromatic rings. The maximum absolute atomic E-state index is 14.3. The number of nitrogens with zero attached hydrogens (tertiary/aromatic N) is 6. The Kier molecular flexibility index (Phi) is 7.70. The van der Waals surface area contributed by atoms with Gasteiger partial charge in [0.25, 0.3) is 5.56 Å². The molecule has 1 aromatic carbocycles. The lowest BCUT2D eigenvalue weighted by Gasteiger charge is -2.23. The summed E-state index contributed by atoms with van der Waals surface area (Å²) in [7, 11) is 1.41. The van der Waals surface area contributed by atoms with Gasteiger partial charge in [-0.15, -0.1) is 4.80 Å². The molecule has 14 heteroatoms. The van der Waals surface area contributed by atoms with Gasteiger partial charge in [0.2, 0.25) is 5.91 Å². The van der Waals surface area contributed by atoms with Crippen molar-refractivity contribution in [2.24, 2.45) is 5.73 Å². The standard InChI is InChI=1S/C24H24FN7O5S/c1-13-19-21(34)31(14(2)20(27)33)24(35)30(23(19)38-22(13)32-28-8-9-29-32)12-18(37-10-4-7-26)16-11-15(25)5-6-17(16)36-3/h5-6,8-9,11,14,18H,4,10,12H2,1-3H3,(H2,27,33)/t14?,18-/m0/s1. The number of nitriles is 1. The third-order valence-electron chi connectivity index (χ3n) is 6.04. The summed E-state index contributed by atoms with van der Waals surface area (Å²) in [6.07, 6.45) is 2.03. The molecule has 1 unspecified atom stereocenters. The van der Waals surface area contributed by atoms with Crippen LogP contribution in [0.25, 0.3) is 15.2 Å². The second-order valence-corrected chi connectivity index (χ2v) is 9.31. The molecule has 2 atom stereocenters. The molecule has 0 saturated carbocycles. The Morgan fingerprint density at radius 2 is 2.00 bits per heavy atom. The molecule has 0 bridgehead atoms. The Morgan fingerprint density at radius 1 is 1.29 bits per heavy atom. The van der Waals surface area contributed by atoms with Crippen molar-refractivity contribution in [3.05, 3.63) is 68.4 Å². The molecule has 0 aliphatic carbocycles. The fourth-order valence-electron chi connectivity index (χ4n) is 4.10. The minimum Gasteiger partial charge on any atom is -0.496 e. The number of amides is 1. The van der Waals surface area contributed by atoms with Gasteiger partial charge in [0, 0.05) is 11.1 Å². The largest absolute Gasteiger partial charge is 0.496 e. The van der Waals surface area contributed by atoms with Crippen molar-refractivity contribution in [1.82, 2.24) is 24.1 Å². The van der Waals surface area contributed by atoms with Crippen LogP contribution in [0, 0.1) is 24.1 Å². The van der Waals surface area contributed by atoms with Gasteiger partial charge in [0.15, 0.2) is 0 Å². The second kappa shape index (κ2) is 11.0. The van der Waals surface area contributed by atoms with Gasteiger partial charge in [0.1, 0.15) is 33.5 Å². The first-order valence-electron chi connectivity index (χ1n) is 11.5. The molecule has 1 amide bonds. The number of fused-ring (bicyclic) bond motifs is 1. The van der Waals surface area contributed by atoms with E-state index in [1.165, 1.54) is 54.0 Å². The lowest BCUT2D eigenvalue weighted by atomic mass is 10.1. The summed E-state index contributed by atoms with van der Waals surface area (Å²) in [5, 5.41) is 17.9. The van der Waals surface area contributed by atoms with E-state index in [9.17, 15) is 18.8 Å². The van der Waals surface area contributed by atoms with E-state index in [1.807, 2.05) is 6.07 Å². The molecule has 4 rings (SSSR count). The van der Waals surface area contributed by atoms with E-state index in [0.29, 0.717) is 21.9 Å². The Labute approximate surface area is 219 Å². The normalized spacial score (nSPS) is 12.8. The van der Waals surface area contributed by atoms with Gasteiger partial charge < -0.3 is 15.2 Å². The van der Waals surface area contributed by atoms with Gasteiger partial charge in [-0.2, -0.15) is 15.5 Å². The van der Waals surface area contributed by atoms with Crippen LogP contribution in [0.5, 0.6) is 5.75 Å². The highest BCUT2D eigenvalue weighted by Crippen LogP contribution is 2.34. The number of aromatic nitrogens is 5. The summed E-state index contributed by atoms with van der Waals surface area (Å²) in [5.41, 5.74) is 4.77. The average Bonchev–Trinajstić information content (AvgIpc) is 3.53. The molecule has 2 N–H and O–H groups in total. The van der Waals surface area contributed by atoms with Crippen molar-refractivity contribution < 1.29 is 18.7 Å². The van der Waals surface area contributed by atoms with Crippen LogP contribution in [0.1, 0.15) is 36.6 Å². The highest BCUT2D eigenvalue weighted by Gasteiger charge is 2.28. The number of benzene rings is 1. The van der Waals surface area contributed by atoms with E-state index < -0.39 is 35.1 Å². The van der Waals surface area contributed by atoms with Crippen molar-refractivity contribution in [2.45, 2.75) is 39.0 Å². The summed E-state index contributed by atoms with van der Waals surface area (Å²) in [6, 6.07) is 4.60. The highest BCUT2D eigenvalue weighted by atomic mass is 32.1. The number of carbonyl (C=O) groups excluding carboxylic acids is 1. The third-order valence-corrected chi connectivity index (χ3v) is 7.32. The molecule has 0 spiro atoms. The molecule has 0 radical (unpaired) electrons. The molecule has 0 aliphatic rings. The summed E-state index contributed by atoms with van der Waals surface area (Å²) in [6.45, 7) is 2.83. The Hall–Kier alpha value is -4.35. The molecule has 0 saturated heterocycles. The number of ether oxygens (including phenoxy) is 2. The lowest BCUT2D eigenvalue weighted by Crippen LogP contribution is -2.45. The predicted octanol–water partition coefficient (Wildman–Crippen LogP) is 1.98. The second-order valence-electron chi connectivity index (χ2n) is 8.33. The van der Waals surface area contributed by atoms with Crippen molar-refractivity contribution in [1.29, 1.82) is 5.26 Å². The van der Waals surface area contributed by atoms with Crippen molar-refractivity contribution in [3.8, 4) is 16.8 Å². The maximum atomic E-state index is 14.3. The number of aryl methyl sites for hydroxylation is 1. The molecule has 38 heavy (non-hydrogen) atoms. The number of nitrogens with two attached hydrogens (primary N) is 1. The van der Waals surface area contributed by atoms with Gasteiger partial charge in [-0.3, -0.25) is 14.2 Å². The quantitative estimate of drug-likeness (QED) is 0.298. The van der Waals surface area contributed by atoms with E-state index in [4.69, 9.17) is 20.5 Å². The summed E-state index contributed by atoms with van der Waals surface area (Å²) < 4.78 is 27.7. The Bertz CT molecular complexity index is 1650. The predicted molar refractivity (Wildman–Crippen MR) is 136 cm³/mol. The van der Waals surface area contributed by atoms with Gasteiger partial charge in [0.05, 0.1) is 50.5 Å². The zero-order valence-electron chi connectivity index (χ0n) is 20.8. The summed E-state index contributed by atoms with van der Waals surface area (Å²) in [5.74, 6) is -1.12. The highest BCUT2D eigenvalue weighted by molar-refractivity contribution is 7.21. The van der Waals surface area contributed by atoms with Gasteiger partial charge in [-0.1, -0.05) is 11.3 Å². The van der Waals surface area contributed by atoms with Crippen molar-refractivity contribution in [3.63, 3.8) is 0 Å². The minimum absolute atomic E-state index is 0.0119. The summed E-state index contributed by atoms with van der Waals surface area (Å²) in [4.78, 5) is 40.9. The number of carbonyl (C=O) groups is 1. The van der Waals surface area contributed by atoms with E-state index in [-0.39, 0.29) is 29.8 Å². The van der Waals surface area contributed by atoms with Crippen LogP contribution in [0.2, 0.25) is 0 Å². The van der Waals surface area contributed by atoms with Crippen molar-refractivity contribution in [2.75, 3.05) is 13.7 Å². The van der Waals surface area contributed by atoms with Crippen LogP contribution in [0.4, 0.5) is 4.39 Å². The number of hydrogen-bond donors (Lipinski definition) is 1. The monoisotopic (exact) mass is 541 g/mol. The fraction of sp³-hybridized carbons (Fsp3) is 0.333. The van der Waals surface area contributed by atoms with Crippen LogP contribution >= 0.6 is 11.3 Å². The molecule has 198 valence electrons.